The Morgan fingerprint density at radius 2 is 2.12 bits per heavy atom. The minimum Gasteiger partial charge on any atom is -0.470 e. The number of likely N-dealkylation sites (tertiary alicyclic amines) is 1. The molecule has 6 heteroatoms. The van der Waals surface area contributed by atoms with E-state index in [0.717, 1.165) is 10.9 Å². The number of nitriles is 1. The SMILES string of the molecule is N#Cc1cccnc1OC1CN(C(=O)c2cc3ccccc3[nH]2)C1. The third kappa shape index (κ3) is 2.46. The second-order valence-corrected chi connectivity index (χ2v) is 5.69. The van der Waals surface area contributed by atoms with Gasteiger partial charge in [-0.05, 0) is 24.3 Å². The Labute approximate surface area is 138 Å². The van der Waals surface area contributed by atoms with Gasteiger partial charge in [-0.15, -0.1) is 0 Å². The van der Waals surface area contributed by atoms with Gasteiger partial charge in [0.05, 0.1) is 13.1 Å². The van der Waals surface area contributed by atoms with Gasteiger partial charge in [-0.2, -0.15) is 5.26 Å². The van der Waals surface area contributed by atoms with Crippen LogP contribution in [0.25, 0.3) is 10.9 Å². The van der Waals surface area contributed by atoms with Crippen LogP contribution in [0.15, 0.2) is 48.7 Å². The van der Waals surface area contributed by atoms with Crippen molar-refractivity contribution >= 4 is 16.8 Å². The first kappa shape index (κ1) is 14.3. The van der Waals surface area contributed by atoms with Crippen LogP contribution in [0.1, 0.15) is 16.1 Å². The van der Waals surface area contributed by atoms with Crippen LogP contribution in [0, 0.1) is 11.3 Å². The van der Waals surface area contributed by atoms with Gasteiger partial charge in [-0.1, -0.05) is 18.2 Å². The first-order valence-corrected chi connectivity index (χ1v) is 7.63. The molecule has 118 valence electrons. The van der Waals surface area contributed by atoms with Crippen LogP contribution in [0.3, 0.4) is 0 Å². The van der Waals surface area contributed by atoms with E-state index in [1.54, 1.807) is 23.2 Å². The van der Waals surface area contributed by atoms with Crippen LogP contribution in [0.2, 0.25) is 0 Å². The number of benzene rings is 1. The molecule has 0 atom stereocenters. The normalized spacial score (nSPS) is 14.2. The zero-order chi connectivity index (χ0) is 16.5. The van der Waals surface area contributed by atoms with Crippen molar-refractivity contribution in [3.05, 3.63) is 59.9 Å². The monoisotopic (exact) mass is 318 g/mol. The highest BCUT2D eigenvalue weighted by Crippen LogP contribution is 2.22. The van der Waals surface area contributed by atoms with Crippen molar-refractivity contribution < 1.29 is 9.53 Å². The van der Waals surface area contributed by atoms with E-state index in [9.17, 15) is 4.79 Å². The highest BCUT2D eigenvalue weighted by Gasteiger charge is 2.34. The van der Waals surface area contributed by atoms with Crippen molar-refractivity contribution in [2.75, 3.05) is 13.1 Å². The number of amides is 1. The fraction of sp³-hybridized carbons (Fsp3) is 0.167. The molecule has 24 heavy (non-hydrogen) atoms. The molecule has 1 saturated heterocycles. The number of hydrogen-bond donors (Lipinski definition) is 1. The summed E-state index contributed by atoms with van der Waals surface area (Å²) in [6, 6.07) is 15.0. The lowest BCUT2D eigenvalue weighted by Crippen LogP contribution is -2.56. The van der Waals surface area contributed by atoms with Gasteiger partial charge >= 0.3 is 0 Å². The number of pyridine rings is 1. The number of aromatic amines is 1. The maximum atomic E-state index is 12.5. The zero-order valence-electron chi connectivity index (χ0n) is 12.8. The van der Waals surface area contributed by atoms with E-state index in [0.29, 0.717) is 30.2 Å². The number of aromatic nitrogens is 2. The fourth-order valence-corrected chi connectivity index (χ4v) is 2.77. The largest absolute Gasteiger partial charge is 0.470 e. The van der Waals surface area contributed by atoms with Crippen LogP contribution in [0.5, 0.6) is 5.88 Å². The van der Waals surface area contributed by atoms with Gasteiger partial charge in [0.25, 0.3) is 5.91 Å². The molecule has 0 bridgehead atoms. The lowest BCUT2D eigenvalue weighted by atomic mass is 10.1. The first-order valence-electron chi connectivity index (χ1n) is 7.63. The molecule has 0 aliphatic carbocycles. The Morgan fingerprint density at radius 3 is 2.92 bits per heavy atom. The smallest absolute Gasteiger partial charge is 0.270 e. The average Bonchev–Trinajstić information content (AvgIpc) is 3.01. The van der Waals surface area contributed by atoms with E-state index in [4.69, 9.17) is 10.00 Å². The predicted octanol–water partition coefficient (Wildman–Crippen LogP) is 2.34. The standard InChI is InChI=1S/C18H14N4O2/c19-9-13-5-3-7-20-17(13)24-14-10-22(11-14)18(23)16-8-12-4-1-2-6-15(12)21-16/h1-8,14,21H,10-11H2. The van der Waals surface area contributed by atoms with E-state index in [-0.39, 0.29) is 12.0 Å². The summed E-state index contributed by atoms with van der Waals surface area (Å²) >= 11 is 0. The van der Waals surface area contributed by atoms with Crippen LogP contribution >= 0.6 is 0 Å². The quantitative estimate of drug-likeness (QED) is 0.803. The molecule has 0 spiro atoms. The number of hydrogen-bond acceptors (Lipinski definition) is 4. The van der Waals surface area contributed by atoms with Gasteiger partial charge in [-0.3, -0.25) is 4.79 Å². The van der Waals surface area contributed by atoms with Crippen molar-refractivity contribution in [2.24, 2.45) is 0 Å². The molecule has 1 amide bonds. The summed E-state index contributed by atoms with van der Waals surface area (Å²) in [6.07, 6.45) is 1.45. The number of rotatable bonds is 3. The van der Waals surface area contributed by atoms with Gasteiger partial charge in [0.1, 0.15) is 23.4 Å². The summed E-state index contributed by atoms with van der Waals surface area (Å²) in [6.45, 7) is 0.964. The molecule has 1 aliphatic heterocycles. The van der Waals surface area contributed by atoms with E-state index in [1.165, 1.54) is 0 Å². The van der Waals surface area contributed by atoms with E-state index in [2.05, 4.69) is 16.0 Å². The number of para-hydroxylation sites is 1. The Bertz CT molecular complexity index is 918. The molecule has 0 radical (unpaired) electrons. The highest BCUT2D eigenvalue weighted by molar-refractivity contribution is 5.98. The van der Waals surface area contributed by atoms with Gasteiger partial charge in [0.15, 0.2) is 0 Å². The summed E-state index contributed by atoms with van der Waals surface area (Å²) in [5.74, 6) is 0.273. The molecule has 1 N–H and O–H groups in total. The van der Waals surface area contributed by atoms with Crippen LogP contribution in [-0.4, -0.2) is 40.0 Å². The van der Waals surface area contributed by atoms with Gasteiger partial charge < -0.3 is 14.6 Å². The van der Waals surface area contributed by atoms with Crippen LogP contribution in [-0.2, 0) is 0 Å². The zero-order valence-corrected chi connectivity index (χ0v) is 12.8. The average molecular weight is 318 g/mol. The Hall–Kier alpha value is -3.33. The lowest BCUT2D eigenvalue weighted by molar-refractivity contribution is 0.0155. The molecule has 6 nitrogen and oxygen atoms in total. The molecular formula is C18H14N4O2. The van der Waals surface area contributed by atoms with Gasteiger partial charge in [-0.25, -0.2) is 4.98 Å². The minimum atomic E-state index is -0.139. The minimum absolute atomic E-state index is 0.0485. The van der Waals surface area contributed by atoms with Crippen molar-refractivity contribution in [1.82, 2.24) is 14.9 Å². The number of carbonyl (C=O) groups is 1. The molecular weight excluding hydrogens is 304 g/mol. The molecule has 2 aromatic heterocycles. The fourth-order valence-electron chi connectivity index (χ4n) is 2.77. The third-order valence-corrected chi connectivity index (χ3v) is 4.07. The third-order valence-electron chi connectivity index (χ3n) is 4.07. The lowest BCUT2D eigenvalue weighted by Gasteiger charge is -2.38. The second-order valence-electron chi connectivity index (χ2n) is 5.69. The highest BCUT2D eigenvalue weighted by atomic mass is 16.5. The molecule has 1 aromatic carbocycles. The van der Waals surface area contributed by atoms with Crippen molar-refractivity contribution in [3.63, 3.8) is 0 Å². The molecule has 0 unspecified atom stereocenters. The molecule has 1 fully saturated rings. The number of nitrogens with zero attached hydrogens (tertiary/aromatic N) is 3. The molecule has 3 aromatic rings. The summed E-state index contributed by atoms with van der Waals surface area (Å²) < 4.78 is 5.71. The Morgan fingerprint density at radius 1 is 1.29 bits per heavy atom. The summed E-state index contributed by atoms with van der Waals surface area (Å²) in [4.78, 5) is 21.4. The maximum absolute atomic E-state index is 12.5. The van der Waals surface area contributed by atoms with Crippen molar-refractivity contribution in [2.45, 2.75) is 6.10 Å². The molecule has 0 saturated carbocycles. The number of nitrogens with one attached hydrogen (secondary N) is 1. The van der Waals surface area contributed by atoms with E-state index < -0.39 is 0 Å². The summed E-state index contributed by atoms with van der Waals surface area (Å²) in [5, 5.41) is 10.1. The summed E-state index contributed by atoms with van der Waals surface area (Å²) in [5.41, 5.74) is 1.92. The Kier molecular flexibility index (Phi) is 3.39. The molecule has 4 rings (SSSR count). The second kappa shape index (κ2) is 5.70. The van der Waals surface area contributed by atoms with Gasteiger partial charge in [0, 0.05) is 17.1 Å². The van der Waals surface area contributed by atoms with Gasteiger partial charge in [0.2, 0.25) is 5.88 Å². The van der Waals surface area contributed by atoms with E-state index >= 15 is 0 Å². The molecule has 3 heterocycles. The first-order chi connectivity index (χ1) is 11.7. The maximum Gasteiger partial charge on any atom is 0.270 e. The Balaban J connectivity index is 1.42. The van der Waals surface area contributed by atoms with Crippen molar-refractivity contribution in [1.29, 1.82) is 5.26 Å². The van der Waals surface area contributed by atoms with Crippen molar-refractivity contribution in [3.8, 4) is 11.9 Å². The topological polar surface area (TPSA) is 82.0 Å². The van der Waals surface area contributed by atoms with Crippen LogP contribution < -0.4 is 4.74 Å². The number of H-pyrrole nitrogens is 1. The number of carbonyl (C=O) groups excluding carboxylic acids is 1. The van der Waals surface area contributed by atoms with E-state index in [1.807, 2.05) is 30.3 Å². The predicted molar refractivity (Wildman–Crippen MR) is 87.6 cm³/mol. The number of fused-ring (bicyclic) bond motifs is 1. The number of ether oxygens (including phenoxy) is 1. The molecule has 1 aliphatic rings. The van der Waals surface area contributed by atoms with Crippen LogP contribution in [0.4, 0.5) is 0 Å². The summed E-state index contributed by atoms with van der Waals surface area (Å²) in [7, 11) is 0.